The third kappa shape index (κ3) is 5.71. The van der Waals surface area contributed by atoms with Crippen LogP contribution in [0, 0.1) is 6.92 Å². The summed E-state index contributed by atoms with van der Waals surface area (Å²) in [5.74, 6) is 0.561. The zero-order valence-corrected chi connectivity index (χ0v) is 15.4. The Bertz CT molecular complexity index is 890. The van der Waals surface area contributed by atoms with Crippen LogP contribution in [0.15, 0.2) is 53.3 Å². The summed E-state index contributed by atoms with van der Waals surface area (Å²) in [4.78, 5) is 23.5. The van der Waals surface area contributed by atoms with Gasteiger partial charge in [0.2, 0.25) is 5.91 Å². The molecule has 1 amide bonds. The first-order chi connectivity index (χ1) is 13.1. The van der Waals surface area contributed by atoms with E-state index in [0.29, 0.717) is 11.6 Å². The molecule has 0 spiro atoms. The summed E-state index contributed by atoms with van der Waals surface area (Å²) in [6.07, 6.45) is 3.56. The molecule has 0 bridgehead atoms. The summed E-state index contributed by atoms with van der Waals surface area (Å²) < 4.78 is 11.8. The number of aromatic nitrogens is 3. The van der Waals surface area contributed by atoms with E-state index < -0.39 is 0 Å². The van der Waals surface area contributed by atoms with Crippen LogP contribution in [0.1, 0.15) is 11.3 Å². The number of rotatable bonds is 8. The molecule has 0 aliphatic heterocycles. The molecule has 0 fully saturated rings. The van der Waals surface area contributed by atoms with Crippen LogP contribution in [0.25, 0.3) is 5.69 Å². The standard InChI is InChI=1S/C18H18N4O4S/c1-13-9-16(21-26-13)20-17(23)11-27-12-18(24)25-10-14-3-5-15(6-4-14)22-8-2-7-19-22/h2-9H,10-12H2,1H3,(H,20,21,23). The van der Waals surface area contributed by atoms with Crippen LogP contribution >= 0.6 is 11.8 Å². The molecule has 0 aliphatic rings. The third-order valence-corrected chi connectivity index (χ3v) is 4.36. The van der Waals surface area contributed by atoms with E-state index in [2.05, 4.69) is 15.6 Å². The zero-order valence-electron chi connectivity index (χ0n) is 14.6. The summed E-state index contributed by atoms with van der Waals surface area (Å²) in [6, 6.07) is 11.0. The Morgan fingerprint density at radius 1 is 1.26 bits per heavy atom. The number of ether oxygens (including phenoxy) is 1. The molecule has 140 valence electrons. The average molecular weight is 386 g/mol. The van der Waals surface area contributed by atoms with Crippen LogP contribution in [0.3, 0.4) is 0 Å². The van der Waals surface area contributed by atoms with Crippen molar-refractivity contribution in [1.29, 1.82) is 0 Å². The summed E-state index contributed by atoms with van der Waals surface area (Å²) in [6.45, 7) is 1.92. The van der Waals surface area contributed by atoms with E-state index in [1.165, 1.54) is 11.8 Å². The molecule has 2 heterocycles. The van der Waals surface area contributed by atoms with Gasteiger partial charge in [-0.05, 0) is 30.7 Å². The predicted octanol–water partition coefficient (Wildman–Crippen LogP) is 2.58. The van der Waals surface area contributed by atoms with Crippen LogP contribution in [0.2, 0.25) is 0 Å². The van der Waals surface area contributed by atoms with Gasteiger partial charge in [-0.1, -0.05) is 17.3 Å². The first-order valence-corrected chi connectivity index (χ1v) is 9.31. The van der Waals surface area contributed by atoms with Crippen LogP contribution < -0.4 is 5.32 Å². The molecule has 27 heavy (non-hydrogen) atoms. The van der Waals surface area contributed by atoms with Crippen molar-refractivity contribution in [2.75, 3.05) is 16.8 Å². The van der Waals surface area contributed by atoms with E-state index in [1.54, 1.807) is 23.9 Å². The summed E-state index contributed by atoms with van der Waals surface area (Å²) in [5, 5.41) is 10.4. The van der Waals surface area contributed by atoms with Gasteiger partial charge in [0.15, 0.2) is 5.82 Å². The molecule has 0 radical (unpaired) electrons. The van der Waals surface area contributed by atoms with E-state index in [4.69, 9.17) is 9.26 Å². The molecule has 3 aromatic rings. The zero-order chi connectivity index (χ0) is 19.1. The highest BCUT2D eigenvalue weighted by molar-refractivity contribution is 8.00. The lowest BCUT2D eigenvalue weighted by atomic mass is 10.2. The van der Waals surface area contributed by atoms with E-state index in [0.717, 1.165) is 11.3 Å². The van der Waals surface area contributed by atoms with Gasteiger partial charge in [-0.25, -0.2) is 4.68 Å². The Balaban J connectivity index is 1.35. The molecule has 0 unspecified atom stereocenters. The van der Waals surface area contributed by atoms with Crippen LogP contribution in [-0.4, -0.2) is 38.3 Å². The van der Waals surface area contributed by atoms with Gasteiger partial charge in [0.1, 0.15) is 12.4 Å². The maximum atomic E-state index is 11.8. The molecule has 1 aromatic carbocycles. The fourth-order valence-corrected chi connectivity index (χ4v) is 2.81. The minimum absolute atomic E-state index is 0.0939. The maximum absolute atomic E-state index is 11.8. The van der Waals surface area contributed by atoms with Crippen molar-refractivity contribution < 1.29 is 18.8 Å². The smallest absolute Gasteiger partial charge is 0.316 e. The number of carbonyl (C=O) groups is 2. The van der Waals surface area contributed by atoms with Crippen LogP contribution in [0.5, 0.6) is 0 Å². The maximum Gasteiger partial charge on any atom is 0.316 e. The summed E-state index contributed by atoms with van der Waals surface area (Å²) in [7, 11) is 0. The van der Waals surface area contributed by atoms with Crippen molar-refractivity contribution in [2.24, 2.45) is 0 Å². The largest absolute Gasteiger partial charge is 0.460 e. The van der Waals surface area contributed by atoms with Crippen molar-refractivity contribution in [1.82, 2.24) is 14.9 Å². The number of amides is 1. The van der Waals surface area contributed by atoms with E-state index in [-0.39, 0.29) is 30.0 Å². The molecule has 0 saturated carbocycles. The second-order valence-corrected chi connectivity index (χ2v) is 6.63. The van der Waals surface area contributed by atoms with Crippen molar-refractivity contribution in [3.05, 3.63) is 60.1 Å². The highest BCUT2D eigenvalue weighted by Crippen LogP contribution is 2.11. The molecule has 9 heteroatoms. The average Bonchev–Trinajstić information content (AvgIpc) is 3.32. The van der Waals surface area contributed by atoms with Gasteiger partial charge < -0.3 is 14.6 Å². The molecule has 0 atom stereocenters. The second kappa shape index (κ2) is 9.04. The number of thioether (sulfide) groups is 1. The highest BCUT2D eigenvalue weighted by atomic mass is 32.2. The van der Waals surface area contributed by atoms with Gasteiger partial charge in [-0.15, -0.1) is 11.8 Å². The number of aryl methyl sites for hydroxylation is 1. The first kappa shape index (κ1) is 18.7. The fourth-order valence-electron chi connectivity index (χ4n) is 2.20. The van der Waals surface area contributed by atoms with Gasteiger partial charge in [0.25, 0.3) is 0 Å². The van der Waals surface area contributed by atoms with Crippen molar-refractivity contribution in [3.8, 4) is 5.69 Å². The molecule has 1 N–H and O–H groups in total. The number of esters is 1. The molecule has 3 rings (SSSR count). The Morgan fingerprint density at radius 2 is 2.07 bits per heavy atom. The first-order valence-electron chi connectivity index (χ1n) is 8.15. The van der Waals surface area contributed by atoms with Gasteiger partial charge in [-0.2, -0.15) is 5.10 Å². The lowest BCUT2D eigenvalue weighted by molar-refractivity contribution is -0.141. The molecular weight excluding hydrogens is 368 g/mol. The van der Waals surface area contributed by atoms with Crippen molar-refractivity contribution in [3.63, 3.8) is 0 Å². The Hall–Kier alpha value is -3.07. The second-order valence-electron chi connectivity index (χ2n) is 5.64. The Morgan fingerprint density at radius 3 is 2.74 bits per heavy atom. The van der Waals surface area contributed by atoms with Gasteiger partial charge >= 0.3 is 5.97 Å². The minimum atomic E-state index is -0.374. The van der Waals surface area contributed by atoms with E-state index in [9.17, 15) is 9.59 Å². The van der Waals surface area contributed by atoms with Crippen molar-refractivity contribution in [2.45, 2.75) is 13.5 Å². The predicted molar refractivity (Wildman–Crippen MR) is 101 cm³/mol. The quantitative estimate of drug-likeness (QED) is 0.594. The van der Waals surface area contributed by atoms with Gasteiger partial charge in [-0.3, -0.25) is 9.59 Å². The Kier molecular flexibility index (Phi) is 6.26. The van der Waals surface area contributed by atoms with Gasteiger partial charge in [0.05, 0.1) is 17.2 Å². The number of nitrogens with zero attached hydrogens (tertiary/aromatic N) is 3. The normalized spacial score (nSPS) is 10.6. The molecule has 0 aliphatic carbocycles. The summed E-state index contributed by atoms with van der Waals surface area (Å²) in [5.41, 5.74) is 1.81. The minimum Gasteiger partial charge on any atom is -0.460 e. The van der Waals surface area contributed by atoms with Crippen LogP contribution in [0.4, 0.5) is 5.82 Å². The molecule has 8 nitrogen and oxygen atoms in total. The monoisotopic (exact) mass is 386 g/mol. The number of nitrogens with one attached hydrogen (secondary N) is 1. The Labute approximate surface area is 159 Å². The van der Waals surface area contributed by atoms with Crippen LogP contribution in [-0.2, 0) is 20.9 Å². The van der Waals surface area contributed by atoms with E-state index >= 15 is 0 Å². The number of anilines is 1. The van der Waals surface area contributed by atoms with Crippen molar-refractivity contribution >= 4 is 29.5 Å². The highest BCUT2D eigenvalue weighted by Gasteiger charge is 2.09. The fraction of sp³-hybridized carbons (Fsp3) is 0.222. The number of hydrogen-bond acceptors (Lipinski definition) is 7. The number of carbonyl (C=O) groups excluding carboxylic acids is 2. The lowest BCUT2D eigenvalue weighted by Gasteiger charge is -2.06. The molecular formula is C18H18N4O4S. The lowest BCUT2D eigenvalue weighted by Crippen LogP contribution is -2.16. The number of hydrogen-bond donors (Lipinski definition) is 1. The third-order valence-electron chi connectivity index (χ3n) is 3.45. The molecule has 0 saturated heterocycles. The topological polar surface area (TPSA) is 99.2 Å². The SMILES string of the molecule is Cc1cc(NC(=O)CSCC(=O)OCc2ccc(-n3cccn3)cc2)no1. The number of benzene rings is 1. The van der Waals surface area contributed by atoms with Gasteiger partial charge in [0, 0.05) is 18.5 Å². The molecule has 2 aromatic heterocycles. The van der Waals surface area contributed by atoms with E-state index in [1.807, 2.05) is 36.5 Å². The summed E-state index contributed by atoms with van der Waals surface area (Å²) >= 11 is 1.17.